The first kappa shape index (κ1) is 18.0. The van der Waals surface area contributed by atoms with Crippen molar-refractivity contribution in [3.63, 3.8) is 0 Å². The highest BCUT2D eigenvalue weighted by molar-refractivity contribution is 9.11. The zero-order chi connectivity index (χ0) is 19.8. The van der Waals surface area contributed by atoms with E-state index < -0.39 is 5.60 Å². The van der Waals surface area contributed by atoms with Crippen molar-refractivity contribution in [1.29, 1.82) is 0 Å². The molecular formula is C21H21BrN4O2S. The van der Waals surface area contributed by atoms with E-state index in [1.165, 1.54) is 6.42 Å². The molecule has 4 fully saturated rings. The largest absolute Gasteiger partial charge is 0.390 e. The number of fused-ring (bicyclic) bond motifs is 1. The Balaban J connectivity index is 1.34. The molecular weight excluding hydrogens is 452 g/mol. The molecule has 3 aromatic heterocycles. The van der Waals surface area contributed by atoms with Crippen LogP contribution in [0, 0.1) is 11.8 Å². The summed E-state index contributed by atoms with van der Waals surface area (Å²) in [6.45, 7) is 0. The zero-order valence-electron chi connectivity index (χ0n) is 15.7. The van der Waals surface area contributed by atoms with E-state index in [1.807, 2.05) is 12.1 Å². The van der Waals surface area contributed by atoms with E-state index in [2.05, 4.69) is 36.2 Å². The summed E-state index contributed by atoms with van der Waals surface area (Å²) < 4.78 is 1.03. The lowest BCUT2D eigenvalue weighted by atomic mass is 9.51. The molecule has 7 rings (SSSR count). The number of aromatic amines is 1. The van der Waals surface area contributed by atoms with Gasteiger partial charge in [0.05, 0.1) is 25.3 Å². The average molecular weight is 473 g/mol. The van der Waals surface area contributed by atoms with Crippen molar-refractivity contribution in [2.45, 2.75) is 49.7 Å². The average Bonchev–Trinajstić information content (AvgIpc) is 3.24. The molecule has 4 saturated carbocycles. The number of thiophene rings is 1. The van der Waals surface area contributed by atoms with Crippen LogP contribution in [0.2, 0.25) is 0 Å². The molecule has 0 saturated heterocycles. The minimum atomic E-state index is -0.599. The molecule has 4 aliphatic rings. The molecule has 3 heterocycles. The standard InChI is InChI=1S/C21H21BrN4O2S/c22-15-2-1-14(29-15)17-24-16-13(3-4-23-18(16)25-17)19(27)26-20-6-11-5-12(7-20)9-21(28,8-11)10-20/h1-4,11-12,28H,5-10H2,(H,26,27)(H,23,24,25). The Bertz CT molecular complexity index is 1120. The van der Waals surface area contributed by atoms with E-state index in [4.69, 9.17) is 0 Å². The lowest BCUT2D eigenvalue weighted by molar-refractivity contribution is -0.139. The summed E-state index contributed by atoms with van der Waals surface area (Å²) in [5, 5.41) is 14.3. The Labute approximate surface area is 180 Å². The molecule has 150 valence electrons. The summed E-state index contributed by atoms with van der Waals surface area (Å²) in [6, 6.07) is 5.72. The number of imidazole rings is 1. The summed E-state index contributed by atoms with van der Waals surface area (Å²) in [4.78, 5) is 26.5. The van der Waals surface area contributed by atoms with Crippen LogP contribution in [-0.2, 0) is 0 Å². The van der Waals surface area contributed by atoms with Crippen LogP contribution < -0.4 is 5.32 Å². The molecule has 0 spiro atoms. The topological polar surface area (TPSA) is 90.9 Å². The van der Waals surface area contributed by atoms with Gasteiger partial charge in [-0.25, -0.2) is 9.97 Å². The van der Waals surface area contributed by atoms with Crippen LogP contribution in [-0.4, -0.2) is 37.1 Å². The fraction of sp³-hybridized carbons (Fsp3) is 0.476. The smallest absolute Gasteiger partial charge is 0.254 e. The maximum absolute atomic E-state index is 13.3. The van der Waals surface area contributed by atoms with Gasteiger partial charge in [0.2, 0.25) is 0 Å². The molecule has 0 aliphatic heterocycles. The predicted octanol–water partition coefficient (Wildman–Crippen LogP) is 4.26. The number of nitrogens with zero attached hydrogens (tertiary/aromatic N) is 2. The van der Waals surface area contributed by atoms with E-state index >= 15 is 0 Å². The number of aromatic nitrogens is 3. The van der Waals surface area contributed by atoms with Gasteiger partial charge >= 0.3 is 0 Å². The molecule has 4 bridgehead atoms. The fourth-order valence-corrected chi connectivity index (χ4v) is 7.66. The van der Waals surface area contributed by atoms with Gasteiger partial charge in [0.25, 0.3) is 5.91 Å². The molecule has 3 N–H and O–H groups in total. The number of hydrogen-bond donors (Lipinski definition) is 3. The third kappa shape index (κ3) is 2.95. The van der Waals surface area contributed by atoms with Gasteiger partial charge in [-0.1, -0.05) is 0 Å². The van der Waals surface area contributed by atoms with Crippen LogP contribution in [0.15, 0.2) is 28.2 Å². The summed E-state index contributed by atoms with van der Waals surface area (Å²) in [6.07, 6.45) is 7.23. The zero-order valence-corrected chi connectivity index (χ0v) is 18.1. The maximum atomic E-state index is 13.3. The molecule has 0 aromatic carbocycles. The van der Waals surface area contributed by atoms with Gasteiger partial charge in [0, 0.05) is 11.7 Å². The van der Waals surface area contributed by atoms with E-state index in [0.29, 0.717) is 40.8 Å². The molecule has 4 aliphatic carbocycles. The molecule has 1 amide bonds. The number of rotatable bonds is 3. The normalized spacial score (nSPS) is 32.8. The Kier molecular flexibility index (Phi) is 3.81. The van der Waals surface area contributed by atoms with E-state index in [0.717, 1.165) is 34.3 Å². The van der Waals surface area contributed by atoms with Crippen molar-refractivity contribution in [1.82, 2.24) is 20.3 Å². The number of H-pyrrole nitrogens is 1. The summed E-state index contributed by atoms with van der Waals surface area (Å²) in [7, 11) is 0. The van der Waals surface area contributed by atoms with E-state index in [1.54, 1.807) is 23.6 Å². The van der Waals surface area contributed by atoms with Gasteiger partial charge in [-0.15, -0.1) is 11.3 Å². The summed E-state index contributed by atoms with van der Waals surface area (Å²) >= 11 is 5.06. The van der Waals surface area contributed by atoms with Crippen LogP contribution in [0.25, 0.3) is 21.9 Å². The van der Waals surface area contributed by atoms with Crippen LogP contribution in [0.1, 0.15) is 48.9 Å². The monoisotopic (exact) mass is 472 g/mol. The Morgan fingerprint density at radius 1 is 1.24 bits per heavy atom. The number of halogens is 1. The molecule has 3 aromatic rings. The molecule has 29 heavy (non-hydrogen) atoms. The Morgan fingerprint density at radius 3 is 2.72 bits per heavy atom. The second-order valence-corrected chi connectivity index (χ2v) is 11.6. The SMILES string of the molecule is O=C(NC12CC3CC(CC(O)(C3)C1)C2)c1ccnc2nc(-c3ccc(Br)s3)[nH]c12. The second-order valence-electron chi connectivity index (χ2n) is 9.17. The highest BCUT2D eigenvalue weighted by atomic mass is 79.9. The highest BCUT2D eigenvalue weighted by Crippen LogP contribution is 2.57. The van der Waals surface area contributed by atoms with Crippen LogP contribution in [0.4, 0.5) is 0 Å². The lowest BCUT2D eigenvalue weighted by Crippen LogP contribution is -2.65. The molecule has 2 atom stereocenters. The van der Waals surface area contributed by atoms with E-state index in [9.17, 15) is 9.90 Å². The number of carbonyl (C=O) groups excluding carboxylic acids is 1. The van der Waals surface area contributed by atoms with Gasteiger partial charge < -0.3 is 15.4 Å². The number of pyridine rings is 1. The minimum Gasteiger partial charge on any atom is -0.390 e. The lowest BCUT2D eigenvalue weighted by Gasteiger charge is -2.60. The number of carbonyl (C=O) groups is 1. The van der Waals surface area contributed by atoms with Gasteiger partial charge in [-0.05, 0) is 84.5 Å². The quantitative estimate of drug-likeness (QED) is 0.530. The predicted molar refractivity (Wildman–Crippen MR) is 115 cm³/mol. The third-order valence-electron chi connectivity index (χ3n) is 6.85. The number of nitrogens with one attached hydrogen (secondary N) is 2. The summed E-state index contributed by atoms with van der Waals surface area (Å²) in [5.41, 5.74) is 0.882. The Hall–Kier alpha value is -1.77. The summed E-state index contributed by atoms with van der Waals surface area (Å²) in [5.74, 6) is 1.66. The maximum Gasteiger partial charge on any atom is 0.254 e. The van der Waals surface area contributed by atoms with E-state index in [-0.39, 0.29) is 11.4 Å². The van der Waals surface area contributed by atoms with Crippen LogP contribution in [0.3, 0.4) is 0 Å². The van der Waals surface area contributed by atoms with Crippen LogP contribution >= 0.6 is 27.3 Å². The highest BCUT2D eigenvalue weighted by Gasteiger charge is 2.57. The van der Waals surface area contributed by atoms with Crippen LogP contribution in [0.5, 0.6) is 0 Å². The van der Waals surface area contributed by atoms with Gasteiger partial charge in [0.15, 0.2) is 11.5 Å². The third-order valence-corrected chi connectivity index (χ3v) is 8.48. The molecule has 0 radical (unpaired) electrons. The number of aliphatic hydroxyl groups is 1. The minimum absolute atomic E-state index is 0.106. The Morgan fingerprint density at radius 2 is 2.03 bits per heavy atom. The van der Waals surface area contributed by atoms with Crippen molar-refractivity contribution in [3.05, 3.63) is 33.7 Å². The van der Waals surface area contributed by atoms with Crippen molar-refractivity contribution < 1.29 is 9.90 Å². The first-order valence-electron chi connectivity index (χ1n) is 10.1. The van der Waals surface area contributed by atoms with Crippen molar-refractivity contribution >= 4 is 44.3 Å². The van der Waals surface area contributed by atoms with Gasteiger partial charge in [-0.3, -0.25) is 4.79 Å². The number of hydrogen-bond acceptors (Lipinski definition) is 5. The first-order valence-corrected chi connectivity index (χ1v) is 11.7. The fourth-order valence-electron chi connectivity index (χ4n) is 6.33. The van der Waals surface area contributed by atoms with Crippen molar-refractivity contribution in [3.8, 4) is 10.7 Å². The van der Waals surface area contributed by atoms with Gasteiger partial charge in [-0.2, -0.15) is 0 Å². The van der Waals surface area contributed by atoms with Gasteiger partial charge in [0.1, 0.15) is 0 Å². The molecule has 8 heteroatoms. The first-order chi connectivity index (χ1) is 13.9. The molecule has 6 nitrogen and oxygen atoms in total. The molecule has 2 unspecified atom stereocenters. The second kappa shape index (κ2) is 6.12. The van der Waals surface area contributed by atoms with Crippen molar-refractivity contribution in [2.24, 2.45) is 11.8 Å². The van der Waals surface area contributed by atoms with Crippen molar-refractivity contribution in [2.75, 3.05) is 0 Å². The number of amides is 1.